The molecule has 2 aliphatic rings. The van der Waals surface area contributed by atoms with Gasteiger partial charge in [-0.3, -0.25) is 0 Å². The fourth-order valence-electron chi connectivity index (χ4n) is 5.71. The van der Waals surface area contributed by atoms with Crippen LogP contribution >= 0.6 is 0 Å². The molecule has 2 N–H and O–H groups in total. The topological polar surface area (TPSA) is 139 Å². The maximum atomic E-state index is 14.8. The molecular formula is C31H40F3N7O5. The SMILES string of the molecule is CC(Oc1cnc(N2CC(NC(=O)OC(C)(C)C)C(c3cc(F)c(F)cc3F)C2)nc1)C1CCN(c2nc(C(C)(C)O)no2)CC1. The van der Waals surface area contributed by atoms with Gasteiger partial charge in [0.1, 0.15) is 17.0 Å². The molecule has 3 aromatic rings. The minimum absolute atomic E-state index is 0.0703. The number of aromatic nitrogens is 4. The monoisotopic (exact) mass is 647 g/mol. The lowest BCUT2D eigenvalue weighted by atomic mass is 9.92. The van der Waals surface area contributed by atoms with Crippen molar-refractivity contribution in [2.45, 2.75) is 83.6 Å². The number of halogens is 3. The highest BCUT2D eigenvalue weighted by Crippen LogP contribution is 2.33. The smallest absolute Gasteiger partial charge is 0.407 e. The maximum absolute atomic E-state index is 14.8. The molecule has 0 radical (unpaired) electrons. The van der Waals surface area contributed by atoms with Gasteiger partial charge in [-0.2, -0.15) is 4.98 Å². The van der Waals surface area contributed by atoms with Crippen LogP contribution in [0.25, 0.3) is 0 Å². The van der Waals surface area contributed by atoms with Crippen LogP contribution in [0.3, 0.4) is 0 Å². The molecule has 0 aliphatic carbocycles. The van der Waals surface area contributed by atoms with Crippen LogP contribution in [0.2, 0.25) is 0 Å². The van der Waals surface area contributed by atoms with Gasteiger partial charge in [-0.05, 0) is 71.9 Å². The second-order valence-electron chi connectivity index (χ2n) is 13.4. The highest BCUT2D eigenvalue weighted by Gasteiger charge is 2.39. The minimum Gasteiger partial charge on any atom is -0.487 e. The third kappa shape index (κ3) is 7.80. The number of carbonyl (C=O) groups is 1. The van der Waals surface area contributed by atoms with E-state index in [1.807, 2.05) is 11.8 Å². The van der Waals surface area contributed by atoms with Crippen LogP contribution < -0.4 is 19.9 Å². The Bertz CT molecular complexity index is 1520. The lowest BCUT2D eigenvalue weighted by molar-refractivity contribution is 0.0504. The van der Waals surface area contributed by atoms with Gasteiger partial charge in [0.05, 0.1) is 24.5 Å². The van der Waals surface area contributed by atoms with Gasteiger partial charge in [0, 0.05) is 38.2 Å². The van der Waals surface area contributed by atoms with Gasteiger partial charge >= 0.3 is 12.1 Å². The van der Waals surface area contributed by atoms with Crippen molar-refractivity contribution in [1.29, 1.82) is 0 Å². The number of rotatable bonds is 8. The van der Waals surface area contributed by atoms with Gasteiger partial charge in [-0.1, -0.05) is 5.16 Å². The molecular weight excluding hydrogens is 607 g/mol. The number of amides is 1. The van der Waals surface area contributed by atoms with E-state index in [-0.39, 0.29) is 36.5 Å². The van der Waals surface area contributed by atoms with E-state index in [1.54, 1.807) is 51.9 Å². The largest absolute Gasteiger partial charge is 0.487 e. The molecule has 1 aromatic carbocycles. The first kappa shape index (κ1) is 33.2. The maximum Gasteiger partial charge on any atom is 0.407 e. The van der Waals surface area contributed by atoms with E-state index in [2.05, 4.69) is 25.4 Å². The standard InChI is InChI=1S/C31H40F3N7O5/c1-17(18-7-9-40(10-8-18)28-38-26(39-46-28)31(5,6)43)44-19-13-35-27(36-14-19)41-15-21(20-11-23(33)24(34)12-22(20)32)25(16-41)37-29(42)45-30(2,3)4/h11-14,17-18,21,25,43H,7-10,15-16H2,1-6H3,(H,37,42). The Morgan fingerprint density at radius 2 is 1.67 bits per heavy atom. The van der Waals surface area contributed by atoms with Crippen molar-refractivity contribution in [3.63, 3.8) is 0 Å². The lowest BCUT2D eigenvalue weighted by Crippen LogP contribution is -2.43. The highest BCUT2D eigenvalue weighted by molar-refractivity contribution is 5.68. The number of carbonyl (C=O) groups excluding carboxylic acids is 1. The lowest BCUT2D eigenvalue weighted by Gasteiger charge is -2.33. The number of hydrogen-bond donors (Lipinski definition) is 2. The zero-order chi connectivity index (χ0) is 33.4. The van der Waals surface area contributed by atoms with E-state index in [0.717, 1.165) is 18.9 Å². The first-order valence-electron chi connectivity index (χ1n) is 15.3. The van der Waals surface area contributed by atoms with Crippen LogP contribution in [-0.4, -0.2) is 75.2 Å². The Morgan fingerprint density at radius 3 is 2.28 bits per heavy atom. The predicted octanol–water partition coefficient (Wildman–Crippen LogP) is 4.69. The molecule has 0 saturated carbocycles. The summed E-state index contributed by atoms with van der Waals surface area (Å²) >= 11 is 0. The zero-order valence-corrected chi connectivity index (χ0v) is 26.8. The molecule has 12 nitrogen and oxygen atoms in total. The predicted molar refractivity (Wildman–Crippen MR) is 161 cm³/mol. The number of ether oxygens (including phenoxy) is 2. The number of anilines is 2. The quantitative estimate of drug-likeness (QED) is 0.330. The third-order valence-corrected chi connectivity index (χ3v) is 8.12. The molecule has 2 fully saturated rings. The summed E-state index contributed by atoms with van der Waals surface area (Å²) in [4.78, 5) is 29.5. The number of nitrogens with zero attached hydrogens (tertiary/aromatic N) is 6. The van der Waals surface area contributed by atoms with Crippen molar-refractivity contribution in [3.05, 3.63) is 53.4 Å². The number of benzene rings is 1. The second-order valence-corrected chi connectivity index (χ2v) is 13.4. The molecule has 2 aromatic heterocycles. The minimum atomic E-state index is -1.29. The van der Waals surface area contributed by atoms with Gasteiger partial charge in [0.2, 0.25) is 11.8 Å². The van der Waals surface area contributed by atoms with Gasteiger partial charge in [0.15, 0.2) is 17.4 Å². The summed E-state index contributed by atoms with van der Waals surface area (Å²) < 4.78 is 59.5. The van der Waals surface area contributed by atoms with Crippen molar-refractivity contribution < 1.29 is 37.1 Å². The third-order valence-electron chi connectivity index (χ3n) is 8.12. The summed E-state index contributed by atoms with van der Waals surface area (Å²) in [6, 6.07) is 1.01. The fourth-order valence-corrected chi connectivity index (χ4v) is 5.71. The van der Waals surface area contributed by atoms with E-state index in [0.29, 0.717) is 36.9 Å². The Labute approximate surface area is 265 Å². The summed E-state index contributed by atoms with van der Waals surface area (Å²) in [6.45, 7) is 12.0. The number of piperidine rings is 1. The molecule has 4 heterocycles. The molecule has 0 bridgehead atoms. The molecule has 0 spiro atoms. The second kappa shape index (κ2) is 12.9. The molecule has 46 heavy (non-hydrogen) atoms. The van der Waals surface area contributed by atoms with Crippen LogP contribution in [0.1, 0.15) is 71.7 Å². The number of alkyl carbamates (subject to hydrolysis) is 1. The first-order chi connectivity index (χ1) is 21.6. The Kier molecular flexibility index (Phi) is 9.34. The number of aliphatic hydroxyl groups is 1. The summed E-state index contributed by atoms with van der Waals surface area (Å²) in [5, 5.41) is 16.7. The average Bonchev–Trinajstić information content (AvgIpc) is 3.63. The Hall–Kier alpha value is -4.14. The average molecular weight is 648 g/mol. The van der Waals surface area contributed by atoms with Gasteiger partial charge in [0.25, 0.3) is 0 Å². The summed E-state index contributed by atoms with van der Waals surface area (Å²) in [6.07, 6.45) is 3.89. The van der Waals surface area contributed by atoms with E-state index in [9.17, 15) is 23.1 Å². The van der Waals surface area contributed by atoms with E-state index in [1.165, 1.54) is 0 Å². The van der Waals surface area contributed by atoms with Gasteiger partial charge in [-0.25, -0.2) is 27.9 Å². The van der Waals surface area contributed by atoms with Crippen molar-refractivity contribution in [3.8, 4) is 5.75 Å². The molecule has 2 aliphatic heterocycles. The Balaban J connectivity index is 1.21. The normalized spacial score (nSPS) is 20.1. The zero-order valence-electron chi connectivity index (χ0n) is 26.8. The molecule has 1 amide bonds. The van der Waals surface area contributed by atoms with Crippen LogP contribution in [0.5, 0.6) is 5.75 Å². The summed E-state index contributed by atoms with van der Waals surface area (Å²) in [5.41, 5.74) is -2.03. The molecule has 15 heteroatoms. The number of hydrogen-bond acceptors (Lipinski definition) is 11. The summed E-state index contributed by atoms with van der Waals surface area (Å²) in [7, 11) is 0. The summed E-state index contributed by atoms with van der Waals surface area (Å²) in [5.74, 6) is -2.87. The molecule has 250 valence electrons. The van der Waals surface area contributed by atoms with Crippen molar-refractivity contribution in [2.24, 2.45) is 5.92 Å². The molecule has 5 rings (SSSR count). The molecule has 3 atom stereocenters. The molecule has 2 saturated heterocycles. The van der Waals surface area contributed by atoms with Crippen LogP contribution in [0.15, 0.2) is 29.0 Å². The number of nitrogens with one attached hydrogen (secondary N) is 1. The Morgan fingerprint density at radius 1 is 1.02 bits per heavy atom. The van der Waals surface area contributed by atoms with E-state index >= 15 is 0 Å². The highest BCUT2D eigenvalue weighted by atomic mass is 19.2. The first-order valence-corrected chi connectivity index (χ1v) is 15.3. The fraction of sp³-hybridized carbons (Fsp3) is 0.581. The van der Waals surface area contributed by atoms with Gasteiger partial charge < -0.3 is 34.2 Å². The van der Waals surface area contributed by atoms with Crippen LogP contribution in [-0.2, 0) is 10.3 Å². The van der Waals surface area contributed by atoms with Crippen LogP contribution in [0.4, 0.5) is 29.9 Å². The van der Waals surface area contributed by atoms with Crippen molar-refractivity contribution in [1.82, 2.24) is 25.4 Å². The van der Waals surface area contributed by atoms with Crippen molar-refractivity contribution in [2.75, 3.05) is 36.0 Å². The van der Waals surface area contributed by atoms with Crippen LogP contribution in [0, 0.1) is 23.4 Å². The van der Waals surface area contributed by atoms with Gasteiger partial charge in [-0.15, -0.1) is 0 Å². The van der Waals surface area contributed by atoms with E-state index < -0.39 is 46.7 Å². The van der Waals surface area contributed by atoms with Crippen molar-refractivity contribution >= 4 is 18.1 Å². The van der Waals surface area contributed by atoms with E-state index in [4.69, 9.17) is 14.0 Å². The molecule has 3 unspecified atom stereocenters.